The van der Waals surface area contributed by atoms with E-state index >= 15 is 0 Å². The van der Waals surface area contributed by atoms with Crippen molar-refractivity contribution in [3.8, 4) is 17.2 Å². The smallest absolute Gasteiger partial charge is 0.387 e. The predicted octanol–water partition coefficient (Wildman–Crippen LogP) is 3.56. The van der Waals surface area contributed by atoms with Crippen LogP contribution >= 0.6 is 0 Å². The molecule has 0 saturated heterocycles. The van der Waals surface area contributed by atoms with E-state index in [9.17, 15) is 13.6 Å². The SMILES string of the molecule is COc1cc(OC)cc(C(NC(=O)c2ccccc2OC(F)F)c2nccn2C)c1. The fourth-order valence-electron chi connectivity index (χ4n) is 3.01. The standard InChI is InChI=1S/C21H21F2N3O4/c1-26-9-8-24-19(26)18(13-10-14(28-2)12-15(11-13)29-3)25-20(27)16-6-4-5-7-17(16)30-21(22)23/h4-12,18,21H,1-3H3,(H,25,27). The zero-order chi connectivity index (χ0) is 21.7. The zero-order valence-corrected chi connectivity index (χ0v) is 16.6. The molecule has 0 fully saturated rings. The van der Waals surface area contributed by atoms with Gasteiger partial charge in [0, 0.05) is 25.5 Å². The summed E-state index contributed by atoms with van der Waals surface area (Å²) in [7, 11) is 4.82. The number of nitrogens with one attached hydrogen (secondary N) is 1. The molecule has 0 aliphatic carbocycles. The minimum Gasteiger partial charge on any atom is -0.497 e. The average Bonchev–Trinajstić information content (AvgIpc) is 3.16. The van der Waals surface area contributed by atoms with E-state index in [1.54, 1.807) is 48.3 Å². The molecule has 1 N–H and O–H groups in total. The number of benzene rings is 2. The van der Waals surface area contributed by atoms with Crippen molar-refractivity contribution in [2.24, 2.45) is 7.05 Å². The molecule has 2 aromatic carbocycles. The molecule has 0 radical (unpaired) electrons. The first-order valence-electron chi connectivity index (χ1n) is 8.97. The van der Waals surface area contributed by atoms with E-state index in [4.69, 9.17) is 9.47 Å². The van der Waals surface area contributed by atoms with E-state index in [-0.39, 0.29) is 11.3 Å². The number of alkyl halides is 2. The van der Waals surface area contributed by atoms with Crippen LogP contribution in [-0.4, -0.2) is 36.3 Å². The lowest BCUT2D eigenvalue weighted by molar-refractivity contribution is -0.0501. The third-order valence-electron chi connectivity index (χ3n) is 4.45. The lowest BCUT2D eigenvalue weighted by Gasteiger charge is -2.21. The third-order valence-corrected chi connectivity index (χ3v) is 4.45. The highest BCUT2D eigenvalue weighted by Gasteiger charge is 2.25. The lowest BCUT2D eigenvalue weighted by Crippen LogP contribution is -2.31. The Morgan fingerprint density at radius 3 is 2.33 bits per heavy atom. The summed E-state index contributed by atoms with van der Waals surface area (Å²) in [5, 5.41) is 2.85. The van der Waals surface area contributed by atoms with E-state index in [0.717, 1.165) is 0 Å². The normalized spacial score (nSPS) is 11.8. The Hall–Kier alpha value is -3.62. The van der Waals surface area contributed by atoms with Crippen molar-refractivity contribution >= 4 is 5.91 Å². The molecule has 1 aromatic heterocycles. The number of aromatic nitrogens is 2. The Balaban J connectivity index is 2.02. The molecule has 3 aromatic rings. The van der Waals surface area contributed by atoms with Gasteiger partial charge in [0.1, 0.15) is 29.1 Å². The number of carbonyl (C=O) groups excluding carboxylic acids is 1. The van der Waals surface area contributed by atoms with Gasteiger partial charge in [0.25, 0.3) is 5.91 Å². The second-order valence-corrected chi connectivity index (χ2v) is 6.32. The number of aryl methyl sites for hydroxylation is 1. The van der Waals surface area contributed by atoms with Gasteiger partial charge in [-0.25, -0.2) is 4.98 Å². The van der Waals surface area contributed by atoms with Gasteiger partial charge < -0.3 is 24.1 Å². The largest absolute Gasteiger partial charge is 0.497 e. The number of amides is 1. The predicted molar refractivity (Wildman–Crippen MR) is 105 cm³/mol. The van der Waals surface area contributed by atoms with Crippen LogP contribution in [-0.2, 0) is 7.05 Å². The molecule has 7 nitrogen and oxygen atoms in total. The Bertz CT molecular complexity index is 1000. The summed E-state index contributed by atoms with van der Waals surface area (Å²) in [6, 6.07) is 10.3. The van der Waals surface area contributed by atoms with E-state index < -0.39 is 18.6 Å². The highest BCUT2D eigenvalue weighted by molar-refractivity contribution is 5.97. The van der Waals surface area contributed by atoms with Crippen LogP contribution in [0.2, 0.25) is 0 Å². The minimum absolute atomic E-state index is 0.0214. The molecule has 1 atom stereocenters. The summed E-state index contributed by atoms with van der Waals surface area (Å²) >= 11 is 0. The molecular weight excluding hydrogens is 396 g/mol. The van der Waals surface area contributed by atoms with Gasteiger partial charge in [-0.2, -0.15) is 8.78 Å². The topological polar surface area (TPSA) is 74.6 Å². The van der Waals surface area contributed by atoms with Gasteiger partial charge in [0.15, 0.2) is 0 Å². The van der Waals surface area contributed by atoms with Crippen molar-refractivity contribution < 1.29 is 27.8 Å². The first kappa shape index (κ1) is 21.1. The summed E-state index contributed by atoms with van der Waals surface area (Å²) in [4.78, 5) is 17.3. The fraction of sp³-hybridized carbons (Fsp3) is 0.238. The summed E-state index contributed by atoms with van der Waals surface area (Å²) in [5.74, 6) is 0.775. The van der Waals surface area contributed by atoms with Crippen molar-refractivity contribution in [3.05, 3.63) is 71.8 Å². The van der Waals surface area contributed by atoms with Crippen LogP contribution in [0.25, 0.3) is 0 Å². The van der Waals surface area contributed by atoms with Crippen LogP contribution in [0.1, 0.15) is 27.8 Å². The van der Waals surface area contributed by atoms with E-state index in [0.29, 0.717) is 22.9 Å². The molecule has 0 saturated carbocycles. The number of rotatable bonds is 8. The summed E-state index contributed by atoms with van der Waals surface area (Å²) in [5.41, 5.74) is 0.618. The maximum Gasteiger partial charge on any atom is 0.387 e. The van der Waals surface area contributed by atoms with Crippen molar-refractivity contribution in [1.29, 1.82) is 0 Å². The van der Waals surface area contributed by atoms with Crippen molar-refractivity contribution in [3.63, 3.8) is 0 Å². The quantitative estimate of drug-likeness (QED) is 0.607. The molecule has 0 spiro atoms. The Labute approximate surface area is 172 Å². The maximum atomic E-state index is 13.0. The average molecular weight is 417 g/mol. The molecule has 1 heterocycles. The Morgan fingerprint density at radius 2 is 1.77 bits per heavy atom. The second kappa shape index (κ2) is 9.25. The van der Waals surface area contributed by atoms with Crippen LogP contribution in [0, 0.1) is 0 Å². The van der Waals surface area contributed by atoms with Gasteiger partial charge in [-0.15, -0.1) is 0 Å². The van der Waals surface area contributed by atoms with Crippen LogP contribution in [0.15, 0.2) is 54.9 Å². The summed E-state index contributed by atoms with van der Waals surface area (Å²) < 4.78 is 42.4. The van der Waals surface area contributed by atoms with Crippen LogP contribution in [0.3, 0.4) is 0 Å². The Kier molecular flexibility index (Phi) is 6.51. The van der Waals surface area contributed by atoms with Gasteiger partial charge in [0.05, 0.1) is 19.8 Å². The van der Waals surface area contributed by atoms with Gasteiger partial charge in [-0.3, -0.25) is 4.79 Å². The molecule has 0 aliphatic heterocycles. The number of halogens is 2. The monoisotopic (exact) mass is 417 g/mol. The number of methoxy groups -OCH3 is 2. The molecule has 3 rings (SSSR count). The number of carbonyl (C=O) groups is 1. The summed E-state index contributed by atoms with van der Waals surface area (Å²) in [6.07, 6.45) is 3.33. The molecule has 1 amide bonds. The minimum atomic E-state index is -3.05. The van der Waals surface area contributed by atoms with Gasteiger partial charge in [-0.05, 0) is 29.8 Å². The Morgan fingerprint density at radius 1 is 1.10 bits per heavy atom. The zero-order valence-electron chi connectivity index (χ0n) is 16.6. The van der Waals surface area contributed by atoms with Crippen molar-refractivity contribution in [2.45, 2.75) is 12.7 Å². The number of hydrogen-bond acceptors (Lipinski definition) is 5. The lowest BCUT2D eigenvalue weighted by atomic mass is 10.0. The molecular formula is C21H21F2N3O4. The summed E-state index contributed by atoms with van der Waals surface area (Å²) in [6.45, 7) is -3.05. The van der Waals surface area contributed by atoms with E-state index in [1.165, 1.54) is 32.4 Å². The number of ether oxygens (including phenoxy) is 3. The molecule has 9 heteroatoms. The van der Waals surface area contributed by atoms with Gasteiger partial charge in [0.2, 0.25) is 0 Å². The molecule has 0 aliphatic rings. The molecule has 1 unspecified atom stereocenters. The molecule has 158 valence electrons. The number of para-hydroxylation sites is 1. The van der Waals surface area contributed by atoms with Crippen molar-refractivity contribution in [2.75, 3.05) is 14.2 Å². The van der Waals surface area contributed by atoms with Crippen molar-refractivity contribution in [1.82, 2.24) is 14.9 Å². The number of imidazole rings is 1. The van der Waals surface area contributed by atoms with E-state index in [1.807, 2.05) is 0 Å². The maximum absolute atomic E-state index is 13.0. The highest BCUT2D eigenvalue weighted by Crippen LogP contribution is 2.30. The van der Waals surface area contributed by atoms with Gasteiger partial charge in [-0.1, -0.05) is 12.1 Å². The second-order valence-electron chi connectivity index (χ2n) is 6.32. The number of hydrogen-bond donors (Lipinski definition) is 1. The number of nitrogens with zero attached hydrogens (tertiary/aromatic N) is 2. The molecule has 30 heavy (non-hydrogen) atoms. The van der Waals surface area contributed by atoms with Crippen LogP contribution in [0.5, 0.6) is 17.2 Å². The van der Waals surface area contributed by atoms with E-state index in [2.05, 4.69) is 15.0 Å². The highest BCUT2D eigenvalue weighted by atomic mass is 19.3. The fourth-order valence-corrected chi connectivity index (χ4v) is 3.01. The van der Waals surface area contributed by atoms with Crippen LogP contribution < -0.4 is 19.5 Å². The van der Waals surface area contributed by atoms with Crippen LogP contribution in [0.4, 0.5) is 8.78 Å². The first-order valence-corrected chi connectivity index (χ1v) is 8.97. The van der Waals surface area contributed by atoms with Gasteiger partial charge >= 0.3 is 6.61 Å². The molecule has 0 bridgehead atoms. The third kappa shape index (κ3) is 4.68. The first-order chi connectivity index (χ1) is 14.4.